The van der Waals surface area contributed by atoms with Crippen LogP contribution in [0.25, 0.3) is 22.5 Å². The van der Waals surface area contributed by atoms with E-state index in [9.17, 15) is 18.3 Å². The van der Waals surface area contributed by atoms with E-state index >= 15 is 4.39 Å². The Labute approximate surface area is 209 Å². The van der Waals surface area contributed by atoms with Crippen molar-refractivity contribution < 1.29 is 27.4 Å². The van der Waals surface area contributed by atoms with Gasteiger partial charge in [-0.25, -0.2) is 9.37 Å². The number of alkyl halides is 4. The van der Waals surface area contributed by atoms with Crippen molar-refractivity contribution in [2.24, 2.45) is 0 Å². The van der Waals surface area contributed by atoms with Crippen molar-refractivity contribution in [3.05, 3.63) is 42.9 Å². The molecule has 0 unspecified atom stereocenters. The summed E-state index contributed by atoms with van der Waals surface area (Å²) in [7, 11) is 0. The number of benzene rings is 1. The van der Waals surface area contributed by atoms with E-state index in [1.54, 1.807) is 18.3 Å². The Morgan fingerprint density at radius 3 is 2.54 bits per heavy atom. The molecular formula is C25H24F4N6O2. The van der Waals surface area contributed by atoms with Crippen molar-refractivity contribution in [3.8, 4) is 34.0 Å². The fourth-order valence-corrected chi connectivity index (χ4v) is 5.40. The largest absolute Gasteiger partial charge is 0.573 e. The molecule has 3 aliphatic rings. The molecule has 2 N–H and O–H groups in total. The minimum Gasteiger partial charge on any atom is -0.507 e. The van der Waals surface area contributed by atoms with Gasteiger partial charge in [-0.15, -0.1) is 23.4 Å². The second kappa shape index (κ2) is 9.09. The second-order valence-corrected chi connectivity index (χ2v) is 9.76. The number of pyridine rings is 1. The fourth-order valence-electron chi connectivity index (χ4n) is 5.40. The Balaban J connectivity index is 1.23. The van der Waals surface area contributed by atoms with Crippen molar-refractivity contribution in [1.82, 2.24) is 25.5 Å². The van der Waals surface area contributed by atoms with Gasteiger partial charge >= 0.3 is 6.36 Å². The Morgan fingerprint density at radius 1 is 1.00 bits per heavy atom. The number of phenols is 1. The molecule has 3 fully saturated rings. The average molecular weight is 516 g/mol. The van der Waals surface area contributed by atoms with Crippen LogP contribution in [-0.4, -0.2) is 62.0 Å². The molecule has 2 aromatic heterocycles. The minimum absolute atomic E-state index is 0.128. The summed E-state index contributed by atoms with van der Waals surface area (Å²) in [4.78, 5) is 10.2. The number of nitrogens with one attached hydrogen (secondary N) is 1. The van der Waals surface area contributed by atoms with Crippen LogP contribution in [0.1, 0.15) is 32.1 Å². The molecule has 0 amide bonds. The summed E-state index contributed by atoms with van der Waals surface area (Å²) in [5.74, 6) is 0.0584. The third-order valence-corrected chi connectivity index (χ3v) is 7.18. The highest BCUT2D eigenvalue weighted by Crippen LogP contribution is 2.40. The van der Waals surface area contributed by atoms with Gasteiger partial charge in [0.05, 0.1) is 24.0 Å². The monoisotopic (exact) mass is 516 g/mol. The standard InChI is InChI=1S/C25H24F4N6O2/c26-23-19-6-2-15(32-19)9-20(23)35(16-3-4-16)22-12-31-24(34-33-22)18-5-1-13(8-21(18)36)14-7-17(11-30-10-14)37-25(27,28)29/h1,5,7-8,10-12,15-16,19-20,23,32,36H,2-4,6,9H2/t15-,19+,20+,23-/m0/s1. The van der Waals surface area contributed by atoms with E-state index in [0.29, 0.717) is 35.0 Å². The zero-order valence-electron chi connectivity index (χ0n) is 19.6. The van der Waals surface area contributed by atoms with E-state index in [0.717, 1.165) is 31.9 Å². The van der Waals surface area contributed by atoms with E-state index in [4.69, 9.17) is 0 Å². The summed E-state index contributed by atoms with van der Waals surface area (Å²) in [6, 6.07) is 5.86. The maximum absolute atomic E-state index is 15.3. The molecule has 3 aromatic rings. The third-order valence-electron chi connectivity index (χ3n) is 7.18. The maximum atomic E-state index is 15.3. The summed E-state index contributed by atoms with van der Waals surface area (Å²) in [5.41, 5.74) is 1.06. The minimum atomic E-state index is -4.84. The molecule has 1 aliphatic carbocycles. The molecule has 4 atom stereocenters. The lowest BCUT2D eigenvalue weighted by Crippen LogP contribution is -2.57. The van der Waals surface area contributed by atoms with E-state index < -0.39 is 18.3 Å². The van der Waals surface area contributed by atoms with Crippen LogP contribution in [0.3, 0.4) is 0 Å². The van der Waals surface area contributed by atoms with Gasteiger partial charge in [-0.1, -0.05) is 6.07 Å². The first-order valence-electron chi connectivity index (χ1n) is 12.2. The van der Waals surface area contributed by atoms with Gasteiger partial charge in [0.2, 0.25) is 0 Å². The number of nitrogens with zero attached hydrogens (tertiary/aromatic N) is 5. The predicted molar refractivity (Wildman–Crippen MR) is 126 cm³/mol. The topological polar surface area (TPSA) is 96.3 Å². The first-order chi connectivity index (χ1) is 17.7. The van der Waals surface area contributed by atoms with Crippen LogP contribution >= 0.6 is 0 Å². The number of rotatable bonds is 6. The lowest BCUT2D eigenvalue weighted by atomic mass is 9.96. The average Bonchev–Trinajstić information content (AvgIpc) is 3.61. The van der Waals surface area contributed by atoms with Crippen LogP contribution < -0.4 is 15.0 Å². The van der Waals surface area contributed by atoms with Gasteiger partial charge in [-0.2, -0.15) is 0 Å². The van der Waals surface area contributed by atoms with Crippen molar-refractivity contribution in [1.29, 1.82) is 0 Å². The molecule has 1 saturated carbocycles. The van der Waals surface area contributed by atoms with E-state index in [-0.39, 0.29) is 29.7 Å². The molecule has 1 aromatic carbocycles. The number of halogens is 4. The van der Waals surface area contributed by atoms with E-state index in [1.165, 1.54) is 18.3 Å². The van der Waals surface area contributed by atoms with Crippen LogP contribution in [0.4, 0.5) is 23.4 Å². The number of fused-ring (bicyclic) bond motifs is 2. The first kappa shape index (κ1) is 23.8. The lowest BCUT2D eigenvalue weighted by molar-refractivity contribution is -0.274. The molecule has 8 nitrogen and oxygen atoms in total. The van der Waals surface area contributed by atoms with Gasteiger partial charge in [0, 0.05) is 29.9 Å². The molecule has 6 rings (SSSR count). The van der Waals surface area contributed by atoms with E-state index in [1.807, 2.05) is 4.90 Å². The van der Waals surface area contributed by atoms with Crippen molar-refractivity contribution in [2.45, 2.75) is 68.8 Å². The maximum Gasteiger partial charge on any atom is 0.573 e. The number of anilines is 1. The number of aromatic hydroxyl groups is 1. The summed E-state index contributed by atoms with van der Waals surface area (Å²) < 4.78 is 56.8. The Bertz CT molecular complexity index is 1290. The van der Waals surface area contributed by atoms with Crippen LogP contribution in [0, 0.1) is 0 Å². The molecule has 37 heavy (non-hydrogen) atoms. The number of ether oxygens (including phenoxy) is 1. The summed E-state index contributed by atoms with van der Waals surface area (Å²) in [6.07, 6.45) is 2.53. The van der Waals surface area contributed by atoms with Gasteiger partial charge < -0.3 is 20.1 Å². The van der Waals surface area contributed by atoms with Crippen LogP contribution in [0.5, 0.6) is 11.5 Å². The number of piperidine rings is 1. The first-order valence-corrected chi connectivity index (χ1v) is 12.2. The van der Waals surface area contributed by atoms with Gasteiger partial charge in [-0.05, 0) is 55.9 Å². The molecule has 2 bridgehead atoms. The predicted octanol–water partition coefficient (Wildman–Crippen LogP) is 4.40. The van der Waals surface area contributed by atoms with Gasteiger partial charge in [0.1, 0.15) is 17.7 Å². The molecule has 0 spiro atoms. The van der Waals surface area contributed by atoms with Crippen molar-refractivity contribution >= 4 is 5.82 Å². The Morgan fingerprint density at radius 2 is 1.84 bits per heavy atom. The SMILES string of the molecule is Oc1cc(-c2cncc(OC(F)(F)F)c2)ccc1-c1ncc(N(C2CC2)[C@@H]2C[C@@H]3CC[C@@H](N3)[C@@H]2F)nn1. The summed E-state index contributed by atoms with van der Waals surface area (Å²) in [6.45, 7) is 0. The molecule has 12 heteroatoms. The number of aromatic nitrogens is 4. The molecule has 0 radical (unpaired) electrons. The normalized spacial score (nSPS) is 25.2. The molecule has 194 valence electrons. The lowest BCUT2D eigenvalue weighted by Gasteiger charge is -2.40. The highest BCUT2D eigenvalue weighted by Gasteiger charge is 2.48. The van der Waals surface area contributed by atoms with E-state index in [2.05, 4.69) is 30.2 Å². The van der Waals surface area contributed by atoms with Crippen molar-refractivity contribution in [3.63, 3.8) is 0 Å². The van der Waals surface area contributed by atoms with Crippen LogP contribution in [0.2, 0.25) is 0 Å². The number of phenolic OH excluding ortho intramolecular Hbond substituents is 1. The quantitative estimate of drug-likeness (QED) is 0.466. The van der Waals surface area contributed by atoms with Gasteiger partial charge in [0.15, 0.2) is 11.6 Å². The highest BCUT2D eigenvalue weighted by molar-refractivity contribution is 5.73. The summed E-state index contributed by atoms with van der Waals surface area (Å²) in [5, 5.41) is 22.6. The highest BCUT2D eigenvalue weighted by atomic mass is 19.4. The zero-order chi connectivity index (χ0) is 25.7. The van der Waals surface area contributed by atoms with Crippen molar-refractivity contribution in [2.75, 3.05) is 4.90 Å². The molecular weight excluding hydrogens is 492 g/mol. The number of hydrogen-bond donors (Lipinski definition) is 2. The van der Waals surface area contributed by atoms with Gasteiger partial charge in [0.25, 0.3) is 0 Å². The smallest absolute Gasteiger partial charge is 0.507 e. The summed E-state index contributed by atoms with van der Waals surface area (Å²) >= 11 is 0. The van der Waals surface area contributed by atoms with Crippen LogP contribution in [0.15, 0.2) is 42.9 Å². The molecule has 2 aliphatic heterocycles. The third kappa shape index (κ3) is 4.89. The van der Waals surface area contributed by atoms with Crippen LogP contribution in [-0.2, 0) is 0 Å². The fraction of sp³-hybridized carbons (Fsp3) is 0.440. The number of hydrogen-bond acceptors (Lipinski definition) is 8. The molecule has 2 saturated heterocycles. The second-order valence-electron chi connectivity index (χ2n) is 9.76. The van der Waals surface area contributed by atoms with Gasteiger partial charge in [-0.3, -0.25) is 4.98 Å². The molecule has 4 heterocycles. The zero-order valence-corrected chi connectivity index (χ0v) is 19.6. The Hall–Kier alpha value is -3.54. The Kier molecular flexibility index (Phi) is 5.85.